The minimum absolute atomic E-state index is 0.0601. The number of carbonyl (C=O) groups is 2. The molecule has 0 unspecified atom stereocenters. The van der Waals surface area contributed by atoms with Crippen LogP contribution in [0.2, 0.25) is 0 Å². The van der Waals surface area contributed by atoms with E-state index in [1.807, 2.05) is 30.3 Å². The maximum Gasteiger partial charge on any atom is 0.411 e. The number of nitrogens with zero attached hydrogens (tertiary/aromatic N) is 1. The third kappa shape index (κ3) is 4.83. The van der Waals surface area contributed by atoms with Crippen LogP contribution in [0.4, 0.5) is 10.5 Å². The molecule has 3 rings (SSSR count). The second-order valence-electron chi connectivity index (χ2n) is 6.29. The molecule has 26 heavy (non-hydrogen) atoms. The lowest BCUT2D eigenvalue weighted by atomic mass is 10.1. The third-order valence-corrected chi connectivity index (χ3v) is 4.34. The standard InChI is InChI=1S/C20H22N2O4/c23-18-10-12-22(13-11-18)19(24)16-6-8-17(9-7-16)21-20(25)26-14-15-4-2-1-3-5-15/h1-9,18,23H,10-14H2,(H,21,25). The summed E-state index contributed by atoms with van der Waals surface area (Å²) in [4.78, 5) is 26.0. The van der Waals surface area contributed by atoms with Crippen LogP contribution in [-0.2, 0) is 11.3 Å². The van der Waals surface area contributed by atoms with Gasteiger partial charge >= 0.3 is 6.09 Å². The van der Waals surface area contributed by atoms with E-state index >= 15 is 0 Å². The number of ether oxygens (including phenoxy) is 1. The van der Waals surface area contributed by atoms with Crippen LogP contribution in [0.15, 0.2) is 54.6 Å². The van der Waals surface area contributed by atoms with E-state index in [2.05, 4.69) is 5.32 Å². The molecule has 2 amide bonds. The molecule has 1 aliphatic rings. The predicted molar refractivity (Wildman–Crippen MR) is 97.8 cm³/mol. The average Bonchev–Trinajstić information content (AvgIpc) is 2.68. The van der Waals surface area contributed by atoms with E-state index in [0.29, 0.717) is 37.2 Å². The monoisotopic (exact) mass is 354 g/mol. The summed E-state index contributed by atoms with van der Waals surface area (Å²) in [6, 6.07) is 16.1. The Labute approximate surface area is 152 Å². The molecule has 2 N–H and O–H groups in total. The van der Waals surface area contributed by atoms with E-state index in [-0.39, 0.29) is 18.6 Å². The fourth-order valence-electron chi connectivity index (χ4n) is 2.82. The number of likely N-dealkylation sites (tertiary alicyclic amines) is 1. The van der Waals surface area contributed by atoms with Crippen LogP contribution < -0.4 is 5.32 Å². The van der Waals surface area contributed by atoms with Crippen molar-refractivity contribution in [3.63, 3.8) is 0 Å². The summed E-state index contributed by atoms with van der Waals surface area (Å²) in [6.07, 6.45) is 0.363. The minimum atomic E-state index is -0.544. The van der Waals surface area contributed by atoms with E-state index in [1.54, 1.807) is 29.2 Å². The summed E-state index contributed by atoms with van der Waals surface area (Å²) >= 11 is 0. The number of amides is 2. The molecule has 0 aromatic heterocycles. The van der Waals surface area contributed by atoms with E-state index in [9.17, 15) is 14.7 Å². The smallest absolute Gasteiger partial charge is 0.411 e. The molecule has 1 aliphatic heterocycles. The molecule has 6 heteroatoms. The molecule has 0 aliphatic carbocycles. The van der Waals surface area contributed by atoms with Crippen molar-refractivity contribution in [1.82, 2.24) is 4.90 Å². The normalized spacial score (nSPS) is 14.7. The van der Waals surface area contributed by atoms with Gasteiger partial charge in [0.05, 0.1) is 6.10 Å². The largest absolute Gasteiger partial charge is 0.444 e. The number of aliphatic hydroxyl groups excluding tert-OH is 1. The summed E-state index contributed by atoms with van der Waals surface area (Å²) < 4.78 is 5.17. The first-order valence-electron chi connectivity index (χ1n) is 8.67. The molecule has 0 atom stereocenters. The van der Waals surface area contributed by atoms with Crippen LogP contribution in [0.1, 0.15) is 28.8 Å². The third-order valence-electron chi connectivity index (χ3n) is 4.34. The maximum absolute atomic E-state index is 12.4. The molecule has 0 bridgehead atoms. The van der Waals surface area contributed by atoms with Crippen molar-refractivity contribution in [3.8, 4) is 0 Å². The van der Waals surface area contributed by atoms with Crippen molar-refractivity contribution in [3.05, 3.63) is 65.7 Å². The minimum Gasteiger partial charge on any atom is -0.444 e. The van der Waals surface area contributed by atoms with Gasteiger partial charge in [0.25, 0.3) is 5.91 Å². The van der Waals surface area contributed by atoms with Gasteiger partial charge in [0.2, 0.25) is 0 Å². The molecule has 2 aromatic rings. The highest BCUT2D eigenvalue weighted by Crippen LogP contribution is 2.16. The molecule has 6 nitrogen and oxygen atoms in total. The Hall–Kier alpha value is -2.86. The van der Waals surface area contributed by atoms with Crippen molar-refractivity contribution in [2.24, 2.45) is 0 Å². The van der Waals surface area contributed by atoms with Crippen molar-refractivity contribution >= 4 is 17.7 Å². The molecule has 1 fully saturated rings. The Morgan fingerprint density at radius 3 is 2.35 bits per heavy atom. The van der Waals surface area contributed by atoms with Gasteiger partial charge < -0.3 is 14.7 Å². The van der Waals surface area contributed by atoms with Gasteiger partial charge in [-0.25, -0.2) is 4.79 Å². The number of piperidine rings is 1. The molecule has 0 radical (unpaired) electrons. The van der Waals surface area contributed by atoms with Gasteiger partial charge in [0, 0.05) is 24.3 Å². The quantitative estimate of drug-likeness (QED) is 0.885. The lowest BCUT2D eigenvalue weighted by Gasteiger charge is -2.29. The van der Waals surface area contributed by atoms with Crippen LogP contribution in [0, 0.1) is 0 Å². The SMILES string of the molecule is O=C(Nc1ccc(C(=O)N2CCC(O)CC2)cc1)OCc1ccccc1. The Bertz CT molecular complexity index is 738. The zero-order valence-corrected chi connectivity index (χ0v) is 14.4. The van der Waals surface area contributed by atoms with E-state index in [0.717, 1.165) is 5.56 Å². The number of anilines is 1. The summed E-state index contributed by atoms with van der Waals surface area (Å²) in [7, 11) is 0. The predicted octanol–water partition coefficient (Wildman–Crippen LogP) is 3.03. The van der Waals surface area contributed by atoms with Gasteiger partial charge in [-0.3, -0.25) is 10.1 Å². The van der Waals surface area contributed by atoms with Crippen molar-refractivity contribution < 1.29 is 19.4 Å². The molecule has 136 valence electrons. The number of carbonyl (C=O) groups excluding carboxylic acids is 2. The van der Waals surface area contributed by atoms with Gasteiger partial charge in [0.1, 0.15) is 6.61 Å². The topological polar surface area (TPSA) is 78.9 Å². The Morgan fingerprint density at radius 1 is 1.04 bits per heavy atom. The lowest BCUT2D eigenvalue weighted by molar-refractivity contribution is 0.0546. The first-order valence-corrected chi connectivity index (χ1v) is 8.67. The zero-order chi connectivity index (χ0) is 18.4. The first-order chi connectivity index (χ1) is 12.6. The average molecular weight is 354 g/mol. The molecular formula is C20H22N2O4. The second kappa shape index (κ2) is 8.49. The number of rotatable bonds is 4. The number of benzene rings is 2. The highest BCUT2D eigenvalue weighted by molar-refractivity contribution is 5.95. The summed E-state index contributed by atoms with van der Waals surface area (Å²) in [5.41, 5.74) is 2.04. The highest BCUT2D eigenvalue weighted by atomic mass is 16.5. The fourth-order valence-corrected chi connectivity index (χ4v) is 2.82. The molecule has 0 spiro atoms. The maximum atomic E-state index is 12.4. The number of nitrogens with one attached hydrogen (secondary N) is 1. The van der Waals surface area contributed by atoms with Crippen LogP contribution in [0.3, 0.4) is 0 Å². The number of aliphatic hydroxyl groups is 1. The van der Waals surface area contributed by atoms with Gasteiger partial charge in [-0.2, -0.15) is 0 Å². The Balaban J connectivity index is 1.51. The van der Waals surface area contributed by atoms with Crippen molar-refractivity contribution in [2.75, 3.05) is 18.4 Å². The summed E-state index contributed by atoms with van der Waals surface area (Å²) in [5.74, 6) is -0.0601. The summed E-state index contributed by atoms with van der Waals surface area (Å²) in [5, 5.41) is 12.2. The van der Waals surface area contributed by atoms with Gasteiger partial charge in [-0.1, -0.05) is 30.3 Å². The lowest BCUT2D eigenvalue weighted by Crippen LogP contribution is -2.40. The van der Waals surface area contributed by atoms with Crippen molar-refractivity contribution in [1.29, 1.82) is 0 Å². The fraction of sp³-hybridized carbons (Fsp3) is 0.300. The second-order valence-corrected chi connectivity index (χ2v) is 6.29. The molecule has 0 saturated carbocycles. The Kier molecular flexibility index (Phi) is 5.86. The van der Waals surface area contributed by atoms with E-state index in [1.165, 1.54) is 0 Å². The van der Waals surface area contributed by atoms with E-state index < -0.39 is 6.09 Å². The molecule has 2 aromatic carbocycles. The van der Waals surface area contributed by atoms with Crippen LogP contribution in [-0.4, -0.2) is 41.2 Å². The highest BCUT2D eigenvalue weighted by Gasteiger charge is 2.22. The summed E-state index contributed by atoms with van der Waals surface area (Å²) in [6.45, 7) is 1.32. The molecule has 1 saturated heterocycles. The molecule has 1 heterocycles. The number of hydrogen-bond donors (Lipinski definition) is 2. The van der Waals surface area contributed by atoms with Crippen LogP contribution in [0.25, 0.3) is 0 Å². The van der Waals surface area contributed by atoms with Gasteiger partial charge in [-0.15, -0.1) is 0 Å². The van der Waals surface area contributed by atoms with Gasteiger partial charge in [-0.05, 0) is 42.7 Å². The van der Waals surface area contributed by atoms with E-state index in [4.69, 9.17) is 4.74 Å². The number of hydrogen-bond acceptors (Lipinski definition) is 4. The van der Waals surface area contributed by atoms with Crippen LogP contribution >= 0.6 is 0 Å². The van der Waals surface area contributed by atoms with Crippen LogP contribution in [0.5, 0.6) is 0 Å². The van der Waals surface area contributed by atoms with Crippen molar-refractivity contribution in [2.45, 2.75) is 25.6 Å². The molecular weight excluding hydrogens is 332 g/mol. The zero-order valence-electron chi connectivity index (χ0n) is 14.4. The van der Waals surface area contributed by atoms with Gasteiger partial charge in [0.15, 0.2) is 0 Å². The Morgan fingerprint density at radius 2 is 1.69 bits per heavy atom. The first kappa shape index (κ1) is 17.9.